The summed E-state index contributed by atoms with van der Waals surface area (Å²) in [4.78, 5) is 0. The second kappa shape index (κ2) is 3.45. The fourth-order valence-electron chi connectivity index (χ4n) is 2.83. The van der Waals surface area contributed by atoms with Gasteiger partial charge in [-0.3, -0.25) is 0 Å². The molecular weight excluding hydrogens is 261 g/mol. The van der Waals surface area contributed by atoms with E-state index in [0.29, 0.717) is 0 Å². The van der Waals surface area contributed by atoms with Gasteiger partial charge in [-0.05, 0) is 36.5 Å². The van der Waals surface area contributed by atoms with Crippen molar-refractivity contribution in [3.8, 4) is 0 Å². The molecule has 0 aromatic rings. The van der Waals surface area contributed by atoms with Crippen molar-refractivity contribution >= 4 is 22.9 Å². The van der Waals surface area contributed by atoms with Crippen molar-refractivity contribution < 1.29 is 0 Å². The third kappa shape index (κ3) is 1.65. The number of rotatable bonds is 1. The Bertz CT molecular complexity index is 155. The second-order valence-corrected chi connectivity index (χ2v) is 6.19. The van der Waals surface area contributed by atoms with Crippen LogP contribution in [0.3, 0.4) is 0 Å². The van der Waals surface area contributed by atoms with Crippen LogP contribution in [0.4, 0.5) is 0 Å². The first-order chi connectivity index (χ1) is 5.66. The van der Waals surface area contributed by atoms with Gasteiger partial charge in [0.15, 0.2) is 0 Å². The van der Waals surface area contributed by atoms with Crippen molar-refractivity contribution in [1.29, 1.82) is 0 Å². The highest BCUT2D eigenvalue weighted by Crippen LogP contribution is 2.44. The third-order valence-corrected chi connectivity index (χ3v) is 4.47. The predicted molar refractivity (Wildman–Crippen MR) is 60.1 cm³/mol. The molecule has 0 aromatic heterocycles. The van der Waals surface area contributed by atoms with Crippen molar-refractivity contribution in [3.05, 3.63) is 0 Å². The Balaban J connectivity index is 1.93. The smallest absolute Gasteiger partial charge is 0.0201 e. The van der Waals surface area contributed by atoms with Crippen LogP contribution in [0, 0.1) is 23.7 Å². The maximum Gasteiger partial charge on any atom is 0.0201 e. The molecule has 0 N–H and O–H groups in total. The molecule has 0 bridgehead atoms. The zero-order valence-electron chi connectivity index (χ0n) is 7.96. The van der Waals surface area contributed by atoms with E-state index in [-0.39, 0.29) is 0 Å². The average Bonchev–Trinajstić information content (AvgIpc) is 2.42. The summed E-state index contributed by atoms with van der Waals surface area (Å²) in [5.74, 6) is 4.02. The quantitative estimate of drug-likeness (QED) is 0.527. The Morgan fingerprint density at radius 3 is 2.08 bits per heavy atom. The minimum absolute atomic E-state index is 0.915. The maximum atomic E-state index is 2.48. The molecule has 1 nitrogen and oxygen atoms in total. The fraction of sp³-hybridized carbons (Fsp3) is 1.00. The standard InChI is InChI=1S/C10H18IN/c1-7(2)8-3-9-5-12(11)6-10(9)4-8/h7-10H,3-6H2,1-2H3/t8-,9-,10+. The molecule has 70 valence electrons. The van der Waals surface area contributed by atoms with Gasteiger partial charge in [0.1, 0.15) is 0 Å². The van der Waals surface area contributed by atoms with E-state index < -0.39 is 0 Å². The van der Waals surface area contributed by atoms with E-state index in [4.69, 9.17) is 0 Å². The Hall–Kier alpha value is 0.690. The lowest BCUT2D eigenvalue weighted by Crippen LogP contribution is -2.12. The molecule has 1 heterocycles. The number of halogens is 1. The van der Waals surface area contributed by atoms with Crippen LogP contribution in [0.5, 0.6) is 0 Å². The third-order valence-electron chi connectivity index (χ3n) is 3.69. The van der Waals surface area contributed by atoms with Crippen LogP contribution in [0.25, 0.3) is 0 Å². The Labute approximate surface area is 89.4 Å². The number of hydrogen-bond acceptors (Lipinski definition) is 1. The predicted octanol–water partition coefficient (Wildman–Crippen LogP) is 2.95. The van der Waals surface area contributed by atoms with Gasteiger partial charge in [-0.2, -0.15) is 0 Å². The minimum Gasteiger partial charge on any atom is -0.247 e. The molecule has 1 aliphatic carbocycles. The zero-order valence-corrected chi connectivity index (χ0v) is 10.1. The zero-order chi connectivity index (χ0) is 8.72. The summed E-state index contributed by atoms with van der Waals surface area (Å²) in [6.07, 6.45) is 3.00. The van der Waals surface area contributed by atoms with E-state index >= 15 is 0 Å². The lowest BCUT2D eigenvalue weighted by Gasteiger charge is -2.16. The molecule has 0 spiro atoms. The van der Waals surface area contributed by atoms with Gasteiger partial charge in [0.2, 0.25) is 0 Å². The summed E-state index contributed by atoms with van der Waals surface area (Å²) < 4.78 is 2.48. The van der Waals surface area contributed by atoms with E-state index in [0.717, 1.165) is 23.7 Å². The summed E-state index contributed by atoms with van der Waals surface area (Å²) in [6.45, 7) is 7.48. The monoisotopic (exact) mass is 279 g/mol. The minimum atomic E-state index is 0.915. The highest BCUT2D eigenvalue weighted by Gasteiger charge is 2.40. The van der Waals surface area contributed by atoms with Gasteiger partial charge in [-0.25, -0.2) is 3.11 Å². The van der Waals surface area contributed by atoms with Crippen LogP contribution in [0.15, 0.2) is 0 Å². The molecular formula is C10H18IN. The first-order valence-electron chi connectivity index (χ1n) is 5.07. The lowest BCUT2D eigenvalue weighted by atomic mass is 9.93. The van der Waals surface area contributed by atoms with Gasteiger partial charge in [0.05, 0.1) is 0 Å². The molecule has 2 aliphatic rings. The summed E-state index contributed by atoms with van der Waals surface area (Å²) in [5.41, 5.74) is 0. The summed E-state index contributed by atoms with van der Waals surface area (Å²) in [6, 6.07) is 0. The maximum absolute atomic E-state index is 2.48. The van der Waals surface area contributed by atoms with E-state index in [1.54, 1.807) is 0 Å². The van der Waals surface area contributed by atoms with Crippen molar-refractivity contribution in [1.82, 2.24) is 3.11 Å². The van der Waals surface area contributed by atoms with Crippen LogP contribution in [-0.4, -0.2) is 16.2 Å². The average molecular weight is 279 g/mol. The van der Waals surface area contributed by atoms with Crippen molar-refractivity contribution in [2.24, 2.45) is 23.7 Å². The fourth-order valence-corrected chi connectivity index (χ4v) is 3.85. The Morgan fingerprint density at radius 2 is 1.67 bits per heavy atom. The second-order valence-electron chi connectivity index (χ2n) is 4.82. The topological polar surface area (TPSA) is 3.24 Å². The normalized spacial score (nSPS) is 42.5. The molecule has 0 unspecified atom stereocenters. The van der Waals surface area contributed by atoms with Gasteiger partial charge >= 0.3 is 0 Å². The van der Waals surface area contributed by atoms with Crippen LogP contribution >= 0.6 is 22.9 Å². The number of hydrogen-bond donors (Lipinski definition) is 0. The molecule has 1 saturated heterocycles. The van der Waals surface area contributed by atoms with Gasteiger partial charge in [0.25, 0.3) is 0 Å². The highest BCUT2D eigenvalue weighted by atomic mass is 127. The summed E-state index contributed by atoms with van der Waals surface area (Å²) >= 11 is 2.48. The molecule has 2 fully saturated rings. The first kappa shape index (κ1) is 9.25. The van der Waals surface area contributed by atoms with E-state index in [1.165, 1.54) is 25.9 Å². The van der Waals surface area contributed by atoms with Gasteiger partial charge < -0.3 is 0 Å². The number of fused-ring (bicyclic) bond motifs is 1. The molecule has 1 aliphatic heterocycles. The van der Waals surface area contributed by atoms with E-state index in [2.05, 4.69) is 39.8 Å². The van der Waals surface area contributed by atoms with Crippen molar-refractivity contribution in [3.63, 3.8) is 0 Å². The summed E-state index contributed by atoms with van der Waals surface area (Å²) in [5, 5.41) is 0. The molecule has 3 atom stereocenters. The van der Waals surface area contributed by atoms with Crippen molar-refractivity contribution in [2.45, 2.75) is 26.7 Å². The molecule has 2 heteroatoms. The van der Waals surface area contributed by atoms with Crippen molar-refractivity contribution in [2.75, 3.05) is 13.1 Å². The number of nitrogens with zero attached hydrogens (tertiary/aromatic N) is 1. The molecule has 12 heavy (non-hydrogen) atoms. The van der Waals surface area contributed by atoms with Gasteiger partial charge in [-0.1, -0.05) is 13.8 Å². The van der Waals surface area contributed by atoms with E-state index in [9.17, 15) is 0 Å². The SMILES string of the molecule is CC(C)[C@@H]1C[C@@H]2CN(I)C[C@@H]2C1. The molecule has 0 aromatic carbocycles. The Kier molecular flexibility index (Phi) is 2.66. The van der Waals surface area contributed by atoms with E-state index in [1.807, 2.05) is 0 Å². The Morgan fingerprint density at radius 1 is 1.17 bits per heavy atom. The van der Waals surface area contributed by atoms with Crippen LogP contribution < -0.4 is 0 Å². The molecule has 2 rings (SSSR count). The first-order valence-corrected chi connectivity index (χ1v) is 6.04. The lowest BCUT2D eigenvalue weighted by molar-refractivity contribution is 0.357. The van der Waals surface area contributed by atoms with Crippen LogP contribution in [-0.2, 0) is 0 Å². The highest BCUT2D eigenvalue weighted by molar-refractivity contribution is 14.1. The summed E-state index contributed by atoms with van der Waals surface area (Å²) in [7, 11) is 0. The molecule has 0 radical (unpaired) electrons. The largest absolute Gasteiger partial charge is 0.247 e. The van der Waals surface area contributed by atoms with Gasteiger partial charge in [-0.15, -0.1) is 0 Å². The van der Waals surface area contributed by atoms with Gasteiger partial charge in [0, 0.05) is 36.0 Å². The molecule has 0 amide bonds. The van der Waals surface area contributed by atoms with Crippen LogP contribution in [0.1, 0.15) is 26.7 Å². The molecule has 1 saturated carbocycles. The van der Waals surface area contributed by atoms with Crippen LogP contribution in [0.2, 0.25) is 0 Å².